The highest BCUT2D eigenvalue weighted by molar-refractivity contribution is 5.78. The molecule has 1 aliphatic heterocycles. The molecule has 1 heterocycles. The quantitative estimate of drug-likeness (QED) is 0.819. The van der Waals surface area contributed by atoms with Crippen LogP contribution in [-0.4, -0.2) is 47.6 Å². The van der Waals surface area contributed by atoms with E-state index in [-0.39, 0.29) is 17.9 Å². The summed E-state index contributed by atoms with van der Waals surface area (Å²) >= 11 is 0. The Morgan fingerprint density at radius 2 is 1.90 bits per heavy atom. The van der Waals surface area contributed by atoms with E-state index in [1.54, 1.807) is 0 Å². The molecular formula is C15H26N2O3. The van der Waals surface area contributed by atoms with E-state index in [9.17, 15) is 9.59 Å². The summed E-state index contributed by atoms with van der Waals surface area (Å²) in [5.41, 5.74) is 0. The fraction of sp³-hybridized carbons (Fsp3) is 0.867. The maximum absolute atomic E-state index is 12.1. The van der Waals surface area contributed by atoms with Gasteiger partial charge in [-0.15, -0.1) is 0 Å². The number of nitrogens with zero attached hydrogens (tertiary/aromatic N) is 1. The molecule has 1 saturated heterocycles. The minimum absolute atomic E-state index is 0.161. The fourth-order valence-corrected chi connectivity index (χ4v) is 3.20. The van der Waals surface area contributed by atoms with E-state index >= 15 is 0 Å². The van der Waals surface area contributed by atoms with Gasteiger partial charge in [-0.3, -0.25) is 9.59 Å². The zero-order valence-corrected chi connectivity index (χ0v) is 12.3. The van der Waals surface area contributed by atoms with E-state index in [1.165, 1.54) is 0 Å². The van der Waals surface area contributed by atoms with Gasteiger partial charge in [0.05, 0.1) is 12.5 Å². The molecule has 5 nitrogen and oxygen atoms in total. The lowest BCUT2D eigenvalue weighted by Gasteiger charge is -2.32. The predicted molar refractivity (Wildman–Crippen MR) is 76.4 cm³/mol. The number of hydrogen-bond donors (Lipinski definition) is 2. The third kappa shape index (κ3) is 4.20. The molecule has 2 atom stereocenters. The summed E-state index contributed by atoms with van der Waals surface area (Å²) in [6.07, 6.45) is 5.52. The number of likely N-dealkylation sites (tertiary alicyclic amines) is 1. The van der Waals surface area contributed by atoms with E-state index in [1.807, 2.05) is 4.90 Å². The van der Waals surface area contributed by atoms with E-state index in [2.05, 4.69) is 12.2 Å². The van der Waals surface area contributed by atoms with Crippen LogP contribution in [0.5, 0.6) is 0 Å². The average molecular weight is 282 g/mol. The highest BCUT2D eigenvalue weighted by Crippen LogP contribution is 2.24. The standard InChI is InChI=1S/C15H26N2O3/c1-11-5-7-17(8-6-11)14(18)10-16-13-4-2-3-12(9-13)15(19)20/h11-13,16H,2-10H2,1H3,(H,19,20). The van der Waals surface area contributed by atoms with Crippen molar-refractivity contribution in [2.24, 2.45) is 11.8 Å². The molecule has 1 aliphatic carbocycles. The third-order valence-corrected chi connectivity index (χ3v) is 4.70. The molecule has 1 saturated carbocycles. The van der Waals surface area contributed by atoms with Gasteiger partial charge in [0.2, 0.25) is 5.91 Å². The Labute approximate surface area is 120 Å². The van der Waals surface area contributed by atoms with E-state index < -0.39 is 5.97 Å². The lowest BCUT2D eigenvalue weighted by molar-refractivity contribution is -0.143. The molecule has 2 rings (SSSR count). The summed E-state index contributed by atoms with van der Waals surface area (Å²) in [6, 6.07) is 0.178. The molecule has 1 amide bonds. The predicted octanol–water partition coefficient (Wildman–Crippen LogP) is 1.48. The number of aliphatic carboxylic acids is 1. The Hall–Kier alpha value is -1.10. The molecule has 2 N–H and O–H groups in total. The largest absolute Gasteiger partial charge is 0.481 e. The molecule has 114 valence electrons. The maximum atomic E-state index is 12.1. The van der Waals surface area contributed by atoms with Crippen LogP contribution in [0.25, 0.3) is 0 Å². The van der Waals surface area contributed by atoms with Crippen LogP contribution in [0.1, 0.15) is 45.4 Å². The summed E-state index contributed by atoms with van der Waals surface area (Å²) < 4.78 is 0. The molecule has 0 aromatic heterocycles. The van der Waals surface area contributed by atoms with Crippen molar-refractivity contribution in [3.05, 3.63) is 0 Å². The molecule has 2 aliphatic rings. The van der Waals surface area contributed by atoms with Gasteiger partial charge in [0.1, 0.15) is 0 Å². The third-order valence-electron chi connectivity index (χ3n) is 4.70. The summed E-state index contributed by atoms with van der Waals surface area (Å²) in [5.74, 6) is -0.0592. The number of carbonyl (C=O) groups excluding carboxylic acids is 1. The molecule has 0 aromatic carbocycles. The molecule has 5 heteroatoms. The SMILES string of the molecule is CC1CCN(C(=O)CNC2CCCC(C(=O)O)C2)CC1. The van der Waals surface area contributed by atoms with Gasteiger partial charge >= 0.3 is 5.97 Å². The van der Waals surface area contributed by atoms with Crippen LogP contribution in [-0.2, 0) is 9.59 Å². The Balaban J connectivity index is 1.71. The smallest absolute Gasteiger partial charge is 0.306 e. The fourth-order valence-electron chi connectivity index (χ4n) is 3.20. The van der Waals surface area contributed by atoms with Crippen molar-refractivity contribution in [2.75, 3.05) is 19.6 Å². The zero-order chi connectivity index (χ0) is 14.5. The molecule has 2 fully saturated rings. The Kier molecular flexibility index (Phi) is 5.40. The highest BCUT2D eigenvalue weighted by atomic mass is 16.4. The van der Waals surface area contributed by atoms with Crippen LogP contribution in [0.3, 0.4) is 0 Å². The van der Waals surface area contributed by atoms with Crippen molar-refractivity contribution < 1.29 is 14.7 Å². The van der Waals surface area contributed by atoms with Gasteiger partial charge in [-0.05, 0) is 38.0 Å². The number of carboxylic acid groups (broad SMARTS) is 1. The average Bonchev–Trinajstić information content (AvgIpc) is 2.46. The second kappa shape index (κ2) is 7.07. The molecule has 0 spiro atoms. The number of piperidine rings is 1. The Morgan fingerprint density at radius 1 is 1.20 bits per heavy atom. The van der Waals surface area contributed by atoms with Crippen LogP contribution < -0.4 is 5.32 Å². The Bertz CT molecular complexity index is 351. The number of carbonyl (C=O) groups is 2. The monoisotopic (exact) mass is 282 g/mol. The van der Waals surface area contributed by atoms with Gasteiger partial charge in [0.25, 0.3) is 0 Å². The van der Waals surface area contributed by atoms with Crippen molar-refractivity contribution in [1.82, 2.24) is 10.2 Å². The van der Waals surface area contributed by atoms with Gasteiger partial charge in [-0.1, -0.05) is 13.3 Å². The normalized spacial score (nSPS) is 28.4. The summed E-state index contributed by atoms with van der Waals surface area (Å²) in [7, 11) is 0. The van der Waals surface area contributed by atoms with Crippen molar-refractivity contribution in [2.45, 2.75) is 51.5 Å². The zero-order valence-electron chi connectivity index (χ0n) is 12.3. The van der Waals surface area contributed by atoms with Gasteiger partial charge in [0.15, 0.2) is 0 Å². The number of hydrogen-bond acceptors (Lipinski definition) is 3. The summed E-state index contributed by atoms with van der Waals surface area (Å²) in [5, 5.41) is 12.3. The Morgan fingerprint density at radius 3 is 2.55 bits per heavy atom. The molecule has 20 heavy (non-hydrogen) atoms. The summed E-state index contributed by atoms with van der Waals surface area (Å²) in [4.78, 5) is 25.1. The van der Waals surface area contributed by atoms with Crippen LogP contribution in [0.4, 0.5) is 0 Å². The number of carboxylic acids is 1. The van der Waals surface area contributed by atoms with Gasteiger partial charge in [-0.2, -0.15) is 0 Å². The number of amides is 1. The first-order chi connectivity index (χ1) is 9.56. The van der Waals surface area contributed by atoms with E-state index in [0.29, 0.717) is 13.0 Å². The molecule has 0 aromatic rings. The summed E-state index contributed by atoms with van der Waals surface area (Å²) in [6.45, 7) is 4.31. The minimum atomic E-state index is -0.701. The number of nitrogens with one attached hydrogen (secondary N) is 1. The molecular weight excluding hydrogens is 256 g/mol. The lowest BCUT2D eigenvalue weighted by atomic mass is 9.86. The molecule has 0 radical (unpaired) electrons. The lowest BCUT2D eigenvalue weighted by Crippen LogP contribution is -2.46. The molecule has 2 unspecified atom stereocenters. The van der Waals surface area contributed by atoms with Crippen LogP contribution in [0, 0.1) is 11.8 Å². The number of rotatable bonds is 4. The van der Waals surface area contributed by atoms with Crippen molar-refractivity contribution in [3.63, 3.8) is 0 Å². The van der Waals surface area contributed by atoms with Gasteiger partial charge in [0, 0.05) is 19.1 Å². The molecule has 0 bridgehead atoms. The van der Waals surface area contributed by atoms with E-state index in [0.717, 1.165) is 51.1 Å². The maximum Gasteiger partial charge on any atom is 0.306 e. The van der Waals surface area contributed by atoms with Gasteiger partial charge in [-0.25, -0.2) is 0 Å². The first kappa shape index (κ1) is 15.3. The highest BCUT2D eigenvalue weighted by Gasteiger charge is 2.27. The van der Waals surface area contributed by atoms with Crippen LogP contribution in [0.2, 0.25) is 0 Å². The first-order valence-electron chi connectivity index (χ1n) is 7.80. The van der Waals surface area contributed by atoms with Gasteiger partial charge < -0.3 is 15.3 Å². The first-order valence-corrected chi connectivity index (χ1v) is 7.80. The minimum Gasteiger partial charge on any atom is -0.481 e. The van der Waals surface area contributed by atoms with E-state index in [4.69, 9.17) is 5.11 Å². The van der Waals surface area contributed by atoms with Crippen molar-refractivity contribution >= 4 is 11.9 Å². The van der Waals surface area contributed by atoms with Crippen molar-refractivity contribution in [3.8, 4) is 0 Å². The van der Waals surface area contributed by atoms with Crippen LogP contribution >= 0.6 is 0 Å². The van der Waals surface area contributed by atoms with Crippen molar-refractivity contribution in [1.29, 1.82) is 0 Å². The van der Waals surface area contributed by atoms with Crippen LogP contribution in [0.15, 0.2) is 0 Å². The topological polar surface area (TPSA) is 69.6 Å². The second-order valence-corrected chi connectivity index (χ2v) is 6.34. The second-order valence-electron chi connectivity index (χ2n) is 6.34.